The Morgan fingerprint density at radius 3 is 2.70 bits per heavy atom. The van der Waals surface area contributed by atoms with Gasteiger partial charge in [0.05, 0.1) is 17.4 Å². The first-order valence-corrected chi connectivity index (χ1v) is 12.2. The number of benzene rings is 2. The van der Waals surface area contributed by atoms with E-state index in [-0.39, 0.29) is 17.4 Å². The summed E-state index contributed by atoms with van der Waals surface area (Å²) in [6.45, 7) is 1.85. The molecule has 2 amide bonds. The lowest BCUT2D eigenvalue weighted by Crippen LogP contribution is -2.51. The number of fused-ring (bicyclic) bond motifs is 1. The van der Waals surface area contributed by atoms with Crippen molar-refractivity contribution in [2.75, 3.05) is 0 Å². The average molecular weight is 468 g/mol. The lowest BCUT2D eigenvalue weighted by molar-refractivity contribution is -0.129. The van der Waals surface area contributed by atoms with Crippen LogP contribution in [0.5, 0.6) is 0 Å². The Morgan fingerprint density at radius 2 is 1.97 bits per heavy atom. The van der Waals surface area contributed by atoms with Crippen molar-refractivity contribution in [1.82, 2.24) is 14.9 Å². The maximum absolute atomic E-state index is 13.2. The van der Waals surface area contributed by atoms with Crippen molar-refractivity contribution in [1.29, 1.82) is 0 Å². The van der Waals surface area contributed by atoms with Crippen molar-refractivity contribution in [3.8, 4) is 0 Å². The standard InChI is InChI=1S/C24H25N3O5S/c1-16-5-8-19(9-6-16)33(31,32)27-12-11-25-24(30)22(27)14-23(29)26-21-4-2-3-18-13-17(15-28)7-10-20(18)21/h5-13,15,21-22H,2-4,14H2,1H3,(H,25,30)(H,26,29)/t21-,22-/m1/s1. The van der Waals surface area contributed by atoms with Crippen molar-refractivity contribution < 1.29 is 22.8 Å². The fraction of sp³-hybridized carbons (Fsp3) is 0.292. The van der Waals surface area contributed by atoms with Gasteiger partial charge in [0, 0.05) is 18.0 Å². The van der Waals surface area contributed by atoms with Crippen LogP contribution >= 0.6 is 0 Å². The van der Waals surface area contributed by atoms with Gasteiger partial charge in [0.2, 0.25) is 11.8 Å². The van der Waals surface area contributed by atoms with Gasteiger partial charge in [-0.2, -0.15) is 0 Å². The number of carbonyl (C=O) groups excluding carboxylic acids is 3. The topological polar surface area (TPSA) is 113 Å². The minimum atomic E-state index is -4.02. The van der Waals surface area contributed by atoms with Gasteiger partial charge < -0.3 is 10.6 Å². The summed E-state index contributed by atoms with van der Waals surface area (Å²) in [5.41, 5.74) is 3.45. The van der Waals surface area contributed by atoms with Gasteiger partial charge in [-0.05, 0) is 55.5 Å². The number of sulfonamides is 1. The highest BCUT2D eigenvalue weighted by Crippen LogP contribution is 2.31. The van der Waals surface area contributed by atoms with Crippen molar-refractivity contribution in [2.24, 2.45) is 0 Å². The predicted molar refractivity (Wildman–Crippen MR) is 122 cm³/mol. The maximum atomic E-state index is 13.2. The molecular weight excluding hydrogens is 442 g/mol. The first-order valence-electron chi connectivity index (χ1n) is 10.7. The molecule has 8 nitrogen and oxygen atoms in total. The number of rotatable bonds is 6. The molecule has 2 N–H and O–H groups in total. The third-order valence-electron chi connectivity index (χ3n) is 5.98. The zero-order valence-corrected chi connectivity index (χ0v) is 19.0. The zero-order valence-electron chi connectivity index (χ0n) is 18.2. The Kier molecular flexibility index (Phi) is 6.33. The maximum Gasteiger partial charge on any atom is 0.264 e. The Bertz CT molecular complexity index is 1220. The molecule has 0 fully saturated rings. The molecule has 1 aliphatic carbocycles. The highest BCUT2D eigenvalue weighted by Gasteiger charge is 2.37. The largest absolute Gasteiger partial charge is 0.349 e. The van der Waals surface area contributed by atoms with Crippen LogP contribution in [-0.4, -0.2) is 36.9 Å². The summed E-state index contributed by atoms with van der Waals surface area (Å²) in [7, 11) is -4.02. The minimum absolute atomic E-state index is 0.0463. The molecule has 1 aliphatic heterocycles. The molecule has 0 radical (unpaired) electrons. The van der Waals surface area contributed by atoms with E-state index >= 15 is 0 Å². The smallest absolute Gasteiger partial charge is 0.264 e. The Morgan fingerprint density at radius 1 is 1.21 bits per heavy atom. The second-order valence-corrected chi connectivity index (χ2v) is 10.1. The van der Waals surface area contributed by atoms with E-state index in [0.29, 0.717) is 5.56 Å². The summed E-state index contributed by atoms with van der Waals surface area (Å²) in [6.07, 6.45) is 5.39. The molecule has 2 atom stereocenters. The van der Waals surface area contributed by atoms with E-state index in [9.17, 15) is 22.8 Å². The zero-order chi connectivity index (χ0) is 23.6. The van der Waals surface area contributed by atoms with Gasteiger partial charge in [-0.25, -0.2) is 8.42 Å². The van der Waals surface area contributed by atoms with E-state index in [0.717, 1.165) is 46.5 Å². The first kappa shape index (κ1) is 22.7. The molecule has 0 saturated heterocycles. The second kappa shape index (κ2) is 9.19. The Hall–Kier alpha value is -3.46. The van der Waals surface area contributed by atoms with Gasteiger partial charge in [-0.15, -0.1) is 0 Å². The molecule has 0 bridgehead atoms. The van der Waals surface area contributed by atoms with Gasteiger partial charge in [0.25, 0.3) is 10.0 Å². The Labute approximate surface area is 192 Å². The molecule has 1 heterocycles. The first-order chi connectivity index (χ1) is 15.8. The van der Waals surface area contributed by atoms with E-state index in [1.807, 2.05) is 19.1 Å². The minimum Gasteiger partial charge on any atom is -0.349 e. The van der Waals surface area contributed by atoms with Gasteiger partial charge in [0.15, 0.2) is 0 Å². The third kappa shape index (κ3) is 4.68. The molecular formula is C24H25N3O5S. The van der Waals surface area contributed by atoms with Crippen molar-refractivity contribution in [3.63, 3.8) is 0 Å². The third-order valence-corrected chi connectivity index (χ3v) is 7.78. The molecule has 0 aromatic heterocycles. The van der Waals surface area contributed by atoms with Crippen LogP contribution in [0.3, 0.4) is 0 Å². The number of hydrogen-bond donors (Lipinski definition) is 2. The van der Waals surface area contributed by atoms with E-state index in [1.165, 1.54) is 24.5 Å². The quantitative estimate of drug-likeness (QED) is 0.634. The molecule has 2 aromatic rings. The molecule has 0 spiro atoms. The van der Waals surface area contributed by atoms with E-state index < -0.39 is 27.9 Å². The van der Waals surface area contributed by atoms with E-state index in [2.05, 4.69) is 10.6 Å². The Balaban J connectivity index is 1.53. The highest BCUT2D eigenvalue weighted by atomic mass is 32.2. The van der Waals surface area contributed by atoms with Crippen LogP contribution in [0.4, 0.5) is 0 Å². The normalized spacial score (nSPS) is 20.0. The number of aldehydes is 1. The van der Waals surface area contributed by atoms with Crippen LogP contribution in [0.15, 0.2) is 59.8 Å². The molecule has 9 heteroatoms. The van der Waals surface area contributed by atoms with Crippen molar-refractivity contribution in [3.05, 3.63) is 77.1 Å². The van der Waals surface area contributed by atoms with Crippen LogP contribution in [-0.2, 0) is 26.0 Å². The predicted octanol–water partition coefficient (Wildman–Crippen LogP) is 2.35. The molecule has 2 aliphatic rings. The van der Waals surface area contributed by atoms with E-state index in [1.54, 1.807) is 18.2 Å². The van der Waals surface area contributed by atoms with Gasteiger partial charge in [-0.1, -0.05) is 29.8 Å². The molecule has 172 valence electrons. The van der Waals surface area contributed by atoms with Crippen molar-refractivity contribution >= 4 is 28.1 Å². The molecule has 33 heavy (non-hydrogen) atoms. The number of aryl methyl sites for hydroxylation is 2. The average Bonchev–Trinajstić information content (AvgIpc) is 2.80. The molecule has 0 saturated carbocycles. The second-order valence-electron chi connectivity index (χ2n) is 8.28. The molecule has 4 rings (SSSR count). The lowest BCUT2D eigenvalue weighted by Gasteiger charge is -2.32. The fourth-order valence-corrected chi connectivity index (χ4v) is 5.71. The van der Waals surface area contributed by atoms with Crippen LogP contribution in [0.2, 0.25) is 0 Å². The van der Waals surface area contributed by atoms with Crippen LogP contribution in [0.1, 0.15) is 52.4 Å². The van der Waals surface area contributed by atoms with E-state index in [4.69, 9.17) is 0 Å². The summed E-state index contributed by atoms with van der Waals surface area (Å²) in [6, 6.07) is 10.2. The van der Waals surface area contributed by atoms with Gasteiger partial charge in [0.1, 0.15) is 12.3 Å². The number of carbonyl (C=O) groups is 3. The summed E-state index contributed by atoms with van der Waals surface area (Å²) in [4.78, 5) is 36.6. The number of amides is 2. The summed E-state index contributed by atoms with van der Waals surface area (Å²) in [5, 5.41) is 5.44. The number of hydrogen-bond acceptors (Lipinski definition) is 5. The van der Waals surface area contributed by atoms with Gasteiger partial charge >= 0.3 is 0 Å². The summed E-state index contributed by atoms with van der Waals surface area (Å²) < 4.78 is 27.3. The summed E-state index contributed by atoms with van der Waals surface area (Å²) in [5.74, 6) is -0.991. The SMILES string of the molecule is Cc1ccc(S(=O)(=O)N2C=CNC(=O)[C@H]2CC(=O)N[C@@H]2CCCc3cc(C=O)ccc32)cc1. The van der Waals surface area contributed by atoms with Gasteiger partial charge in [-0.3, -0.25) is 18.7 Å². The highest BCUT2D eigenvalue weighted by molar-refractivity contribution is 7.89. The molecule has 0 unspecified atom stereocenters. The van der Waals surface area contributed by atoms with Crippen LogP contribution < -0.4 is 10.6 Å². The van der Waals surface area contributed by atoms with Crippen molar-refractivity contribution in [2.45, 2.75) is 49.6 Å². The number of nitrogens with zero attached hydrogens (tertiary/aromatic N) is 1. The fourth-order valence-electron chi connectivity index (χ4n) is 4.26. The monoisotopic (exact) mass is 467 g/mol. The number of nitrogens with one attached hydrogen (secondary N) is 2. The lowest BCUT2D eigenvalue weighted by atomic mass is 9.86. The molecule has 2 aromatic carbocycles. The summed E-state index contributed by atoms with van der Waals surface area (Å²) >= 11 is 0. The van der Waals surface area contributed by atoms with Crippen LogP contribution in [0.25, 0.3) is 0 Å². The van der Waals surface area contributed by atoms with Crippen LogP contribution in [0, 0.1) is 6.92 Å².